The fourth-order valence-electron chi connectivity index (χ4n) is 2.28. The van der Waals surface area contributed by atoms with Crippen molar-refractivity contribution in [1.82, 2.24) is 5.43 Å². The van der Waals surface area contributed by atoms with Crippen LogP contribution in [0.3, 0.4) is 0 Å². The van der Waals surface area contributed by atoms with Gasteiger partial charge in [-0.25, -0.2) is 4.39 Å². The fourth-order valence-corrected chi connectivity index (χ4v) is 2.45. The van der Waals surface area contributed by atoms with Gasteiger partial charge < -0.3 is 10.1 Å². The van der Waals surface area contributed by atoms with E-state index in [4.69, 9.17) is 17.0 Å². The maximum absolute atomic E-state index is 12.9. The topological polar surface area (TPSA) is 45.6 Å². The predicted octanol–water partition coefficient (Wildman–Crippen LogP) is 4.73. The van der Waals surface area contributed by atoms with Gasteiger partial charge in [-0.15, -0.1) is 0 Å². The molecule has 0 heterocycles. The van der Waals surface area contributed by atoms with Crippen LogP contribution in [0.25, 0.3) is 0 Å². The SMILES string of the molecule is Fc1ccc(COc2cccc(/C=N\NC(=S)Nc3ccccc3)c2)cc1. The molecule has 0 fully saturated rings. The molecule has 0 saturated carbocycles. The lowest BCUT2D eigenvalue weighted by atomic mass is 10.2. The number of hydrogen-bond acceptors (Lipinski definition) is 3. The van der Waals surface area contributed by atoms with E-state index in [1.54, 1.807) is 18.3 Å². The predicted molar refractivity (Wildman–Crippen MR) is 111 cm³/mol. The summed E-state index contributed by atoms with van der Waals surface area (Å²) in [6.45, 7) is 0.365. The van der Waals surface area contributed by atoms with E-state index >= 15 is 0 Å². The summed E-state index contributed by atoms with van der Waals surface area (Å²) in [5.41, 5.74) is 5.43. The van der Waals surface area contributed by atoms with Gasteiger partial charge in [0, 0.05) is 5.69 Å². The highest BCUT2D eigenvalue weighted by atomic mass is 32.1. The van der Waals surface area contributed by atoms with Gasteiger partial charge in [-0.1, -0.05) is 42.5 Å². The molecule has 27 heavy (non-hydrogen) atoms. The first-order chi connectivity index (χ1) is 13.2. The summed E-state index contributed by atoms with van der Waals surface area (Å²) >= 11 is 5.19. The van der Waals surface area contributed by atoms with Gasteiger partial charge >= 0.3 is 0 Å². The number of nitrogens with zero attached hydrogens (tertiary/aromatic N) is 1. The fraction of sp³-hybridized carbons (Fsp3) is 0.0476. The standard InChI is InChI=1S/C21H18FN3OS/c22-18-11-9-16(10-12-18)15-26-20-8-4-5-17(13-20)14-23-25-21(27)24-19-6-2-1-3-7-19/h1-14H,15H2,(H2,24,25,27)/b23-14-. The molecule has 2 N–H and O–H groups in total. The Bertz CT molecular complexity index is 914. The maximum Gasteiger partial charge on any atom is 0.191 e. The Labute approximate surface area is 162 Å². The van der Waals surface area contributed by atoms with Crippen LogP contribution in [0.5, 0.6) is 5.75 Å². The van der Waals surface area contributed by atoms with Gasteiger partial charge in [0.1, 0.15) is 18.2 Å². The Hall–Kier alpha value is -3.25. The van der Waals surface area contributed by atoms with Crippen LogP contribution >= 0.6 is 12.2 Å². The molecule has 3 rings (SSSR count). The summed E-state index contributed by atoms with van der Waals surface area (Å²) in [5.74, 6) is 0.442. The first-order valence-corrected chi connectivity index (χ1v) is 8.72. The van der Waals surface area contributed by atoms with Crippen molar-refractivity contribution in [2.45, 2.75) is 6.61 Å². The second-order valence-electron chi connectivity index (χ2n) is 5.68. The molecular weight excluding hydrogens is 361 g/mol. The molecule has 0 atom stereocenters. The van der Waals surface area contributed by atoms with Gasteiger partial charge in [-0.3, -0.25) is 5.43 Å². The third-order valence-electron chi connectivity index (χ3n) is 3.59. The van der Waals surface area contributed by atoms with Crippen LogP contribution in [0.2, 0.25) is 0 Å². The number of benzene rings is 3. The van der Waals surface area contributed by atoms with Crippen LogP contribution in [0, 0.1) is 5.82 Å². The summed E-state index contributed by atoms with van der Waals surface area (Å²) in [7, 11) is 0. The van der Waals surface area contributed by atoms with Crippen LogP contribution in [0.1, 0.15) is 11.1 Å². The molecule has 3 aromatic carbocycles. The quantitative estimate of drug-likeness (QED) is 0.369. The van der Waals surface area contributed by atoms with E-state index in [-0.39, 0.29) is 5.82 Å². The lowest BCUT2D eigenvalue weighted by Crippen LogP contribution is -2.23. The lowest BCUT2D eigenvalue weighted by molar-refractivity contribution is 0.306. The highest BCUT2D eigenvalue weighted by Crippen LogP contribution is 2.14. The molecule has 0 saturated heterocycles. The van der Waals surface area contributed by atoms with Crippen LogP contribution in [0.15, 0.2) is 84.0 Å². The molecule has 0 unspecified atom stereocenters. The highest BCUT2D eigenvalue weighted by molar-refractivity contribution is 7.80. The Kier molecular flexibility index (Phi) is 6.49. The molecule has 6 heteroatoms. The summed E-state index contributed by atoms with van der Waals surface area (Å²) in [4.78, 5) is 0. The van der Waals surface area contributed by atoms with Gasteiger partial charge in [-0.2, -0.15) is 5.10 Å². The first-order valence-electron chi connectivity index (χ1n) is 8.31. The van der Waals surface area contributed by atoms with E-state index in [0.29, 0.717) is 17.5 Å². The van der Waals surface area contributed by atoms with Gasteiger partial charge in [0.05, 0.1) is 6.21 Å². The average molecular weight is 379 g/mol. The van der Waals surface area contributed by atoms with Crippen LogP contribution in [-0.4, -0.2) is 11.3 Å². The zero-order chi connectivity index (χ0) is 18.9. The van der Waals surface area contributed by atoms with Crippen molar-refractivity contribution in [3.05, 3.63) is 95.8 Å². The third kappa shape index (κ3) is 6.20. The number of hydrogen-bond donors (Lipinski definition) is 2. The number of rotatable bonds is 6. The molecule has 3 aromatic rings. The molecule has 0 aliphatic heterocycles. The number of halogens is 1. The Morgan fingerprint density at radius 2 is 1.78 bits per heavy atom. The normalized spacial score (nSPS) is 10.6. The summed E-state index contributed by atoms with van der Waals surface area (Å²) in [6, 6.07) is 23.3. The highest BCUT2D eigenvalue weighted by Gasteiger charge is 1.99. The monoisotopic (exact) mass is 379 g/mol. The molecule has 0 spiro atoms. The van der Waals surface area contributed by atoms with E-state index in [1.807, 2.05) is 54.6 Å². The van der Waals surface area contributed by atoms with Crippen LogP contribution < -0.4 is 15.5 Å². The van der Waals surface area contributed by atoms with E-state index < -0.39 is 0 Å². The zero-order valence-corrected chi connectivity index (χ0v) is 15.2. The van der Waals surface area contributed by atoms with E-state index in [9.17, 15) is 4.39 Å². The summed E-state index contributed by atoms with van der Waals surface area (Å²) in [5, 5.41) is 7.57. The van der Waals surface area contributed by atoms with Crippen molar-refractivity contribution in [3.63, 3.8) is 0 Å². The summed E-state index contributed by atoms with van der Waals surface area (Å²) < 4.78 is 18.7. The van der Waals surface area contributed by atoms with Crippen LogP contribution in [-0.2, 0) is 6.61 Å². The van der Waals surface area contributed by atoms with E-state index in [2.05, 4.69) is 15.8 Å². The van der Waals surface area contributed by atoms with Crippen molar-refractivity contribution >= 4 is 29.2 Å². The van der Waals surface area contributed by atoms with Crippen molar-refractivity contribution in [2.24, 2.45) is 5.10 Å². The number of thiocarbonyl (C=S) groups is 1. The minimum Gasteiger partial charge on any atom is -0.489 e. The minimum atomic E-state index is -0.260. The minimum absolute atomic E-state index is 0.260. The number of ether oxygens (including phenoxy) is 1. The number of hydrazone groups is 1. The number of anilines is 1. The Balaban J connectivity index is 1.51. The molecule has 0 aliphatic carbocycles. The average Bonchev–Trinajstić information content (AvgIpc) is 2.69. The lowest BCUT2D eigenvalue weighted by Gasteiger charge is -2.07. The Morgan fingerprint density at radius 3 is 2.56 bits per heavy atom. The molecular formula is C21H18FN3OS. The van der Waals surface area contributed by atoms with E-state index in [1.165, 1.54) is 12.1 Å². The molecule has 0 aromatic heterocycles. The smallest absolute Gasteiger partial charge is 0.191 e. The Morgan fingerprint density at radius 1 is 1.00 bits per heavy atom. The molecule has 136 valence electrons. The number of nitrogens with one attached hydrogen (secondary N) is 2. The van der Waals surface area contributed by atoms with Crippen molar-refractivity contribution in [3.8, 4) is 5.75 Å². The molecule has 0 amide bonds. The van der Waals surface area contributed by atoms with Crippen molar-refractivity contribution in [2.75, 3.05) is 5.32 Å². The van der Waals surface area contributed by atoms with Gasteiger partial charge in [-0.05, 0) is 59.7 Å². The second kappa shape index (κ2) is 9.45. The number of para-hydroxylation sites is 1. The maximum atomic E-state index is 12.9. The molecule has 4 nitrogen and oxygen atoms in total. The van der Waals surface area contributed by atoms with Gasteiger partial charge in [0.15, 0.2) is 5.11 Å². The molecule has 0 bridgehead atoms. The zero-order valence-electron chi connectivity index (χ0n) is 14.4. The van der Waals surface area contributed by atoms with Gasteiger partial charge in [0.2, 0.25) is 0 Å². The largest absolute Gasteiger partial charge is 0.489 e. The van der Waals surface area contributed by atoms with Crippen LogP contribution in [0.4, 0.5) is 10.1 Å². The first kappa shape index (κ1) is 18.5. The van der Waals surface area contributed by atoms with Gasteiger partial charge in [0.25, 0.3) is 0 Å². The van der Waals surface area contributed by atoms with Crippen molar-refractivity contribution in [1.29, 1.82) is 0 Å². The summed E-state index contributed by atoms with van der Waals surface area (Å²) in [6.07, 6.45) is 1.66. The molecule has 0 radical (unpaired) electrons. The van der Waals surface area contributed by atoms with E-state index in [0.717, 1.165) is 16.8 Å². The third-order valence-corrected chi connectivity index (χ3v) is 3.78. The second-order valence-corrected chi connectivity index (χ2v) is 6.09. The van der Waals surface area contributed by atoms with Crippen molar-refractivity contribution < 1.29 is 9.13 Å². The molecule has 0 aliphatic rings.